The predicted octanol–water partition coefficient (Wildman–Crippen LogP) is 3.13. The lowest BCUT2D eigenvalue weighted by molar-refractivity contribution is 0.0777. The minimum absolute atomic E-state index is 0.675. The van der Waals surface area contributed by atoms with E-state index in [1.54, 1.807) is 13.8 Å². The molecule has 0 spiro atoms. The Balaban J connectivity index is 3.24. The zero-order valence-electron chi connectivity index (χ0n) is 8.26. The molecule has 2 heteroatoms. The van der Waals surface area contributed by atoms with Gasteiger partial charge in [0.25, 0.3) is 0 Å². The highest BCUT2D eigenvalue weighted by Crippen LogP contribution is 2.26. The van der Waals surface area contributed by atoms with Crippen molar-refractivity contribution < 1.29 is 5.11 Å². The molecule has 0 aliphatic carbocycles. The monoisotopic (exact) mass is 198 g/mol. The van der Waals surface area contributed by atoms with Gasteiger partial charge in [0.15, 0.2) is 0 Å². The maximum atomic E-state index is 9.87. The molecule has 0 saturated carbocycles. The van der Waals surface area contributed by atoms with E-state index in [9.17, 15) is 5.11 Å². The van der Waals surface area contributed by atoms with Gasteiger partial charge in [-0.05, 0) is 43.5 Å². The van der Waals surface area contributed by atoms with Crippen LogP contribution in [0.15, 0.2) is 18.2 Å². The van der Waals surface area contributed by atoms with Crippen LogP contribution in [0.1, 0.15) is 31.9 Å². The smallest absolute Gasteiger partial charge is 0.0843 e. The van der Waals surface area contributed by atoms with E-state index in [0.29, 0.717) is 5.02 Å². The summed E-state index contributed by atoms with van der Waals surface area (Å²) in [6.07, 6.45) is 0.913. The molecule has 0 radical (unpaired) electrons. The van der Waals surface area contributed by atoms with Crippen molar-refractivity contribution >= 4 is 11.6 Å². The van der Waals surface area contributed by atoms with E-state index < -0.39 is 5.60 Å². The fraction of sp³-hybridized carbons (Fsp3) is 0.455. The topological polar surface area (TPSA) is 20.2 Å². The molecule has 1 aromatic carbocycles. The van der Waals surface area contributed by atoms with Gasteiger partial charge in [0.2, 0.25) is 0 Å². The molecule has 1 aromatic rings. The zero-order chi connectivity index (χ0) is 10.1. The van der Waals surface area contributed by atoms with Crippen LogP contribution in [0.3, 0.4) is 0 Å². The first kappa shape index (κ1) is 10.6. The highest BCUT2D eigenvalue weighted by atomic mass is 35.5. The normalized spacial score (nSPS) is 11.8. The number of aryl methyl sites for hydroxylation is 1. The maximum absolute atomic E-state index is 9.87. The number of hydrogen-bond acceptors (Lipinski definition) is 1. The SMILES string of the molecule is CCc1ccc(Cl)cc1C(C)(C)O. The molecular formula is C11H15ClO. The first-order valence-corrected chi connectivity index (χ1v) is 4.84. The lowest BCUT2D eigenvalue weighted by Crippen LogP contribution is -2.17. The van der Waals surface area contributed by atoms with Crippen LogP contribution < -0.4 is 0 Å². The summed E-state index contributed by atoms with van der Waals surface area (Å²) in [5.74, 6) is 0. The van der Waals surface area contributed by atoms with Gasteiger partial charge >= 0.3 is 0 Å². The summed E-state index contributed by atoms with van der Waals surface area (Å²) in [6.45, 7) is 5.62. The van der Waals surface area contributed by atoms with Crippen LogP contribution in [0, 0.1) is 0 Å². The van der Waals surface area contributed by atoms with E-state index in [1.165, 1.54) is 0 Å². The van der Waals surface area contributed by atoms with Gasteiger partial charge in [0.05, 0.1) is 5.60 Å². The maximum Gasteiger partial charge on any atom is 0.0843 e. The summed E-state index contributed by atoms with van der Waals surface area (Å²) in [5.41, 5.74) is 1.26. The van der Waals surface area contributed by atoms with Crippen LogP contribution in [0.4, 0.5) is 0 Å². The van der Waals surface area contributed by atoms with E-state index >= 15 is 0 Å². The van der Waals surface area contributed by atoms with Gasteiger partial charge < -0.3 is 5.11 Å². The third-order valence-corrected chi connectivity index (χ3v) is 2.35. The van der Waals surface area contributed by atoms with E-state index in [0.717, 1.165) is 17.5 Å². The Bertz CT molecular complexity index is 299. The molecule has 0 atom stereocenters. The molecule has 1 N–H and O–H groups in total. The number of hydrogen-bond donors (Lipinski definition) is 1. The third kappa shape index (κ3) is 2.45. The van der Waals surface area contributed by atoms with Gasteiger partial charge in [-0.2, -0.15) is 0 Å². The average Bonchev–Trinajstić information content (AvgIpc) is 2.03. The van der Waals surface area contributed by atoms with Crippen molar-refractivity contribution in [1.82, 2.24) is 0 Å². The Hall–Kier alpha value is -0.530. The second-order valence-electron chi connectivity index (χ2n) is 3.71. The summed E-state index contributed by atoms with van der Waals surface area (Å²) in [5, 5.41) is 10.5. The van der Waals surface area contributed by atoms with Gasteiger partial charge in [0, 0.05) is 5.02 Å². The largest absolute Gasteiger partial charge is 0.386 e. The van der Waals surface area contributed by atoms with Crippen molar-refractivity contribution in [3.8, 4) is 0 Å². The molecule has 0 aliphatic heterocycles. The van der Waals surface area contributed by atoms with Crippen LogP contribution in [0.5, 0.6) is 0 Å². The van der Waals surface area contributed by atoms with Crippen molar-refractivity contribution in [2.45, 2.75) is 32.8 Å². The van der Waals surface area contributed by atoms with Crippen LogP contribution in [-0.4, -0.2) is 5.11 Å². The number of benzene rings is 1. The van der Waals surface area contributed by atoms with E-state index in [2.05, 4.69) is 6.92 Å². The Morgan fingerprint density at radius 2 is 2.00 bits per heavy atom. The van der Waals surface area contributed by atoms with Crippen LogP contribution >= 0.6 is 11.6 Å². The van der Waals surface area contributed by atoms with Gasteiger partial charge in [-0.15, -0.1) is 0 Å². The Morgan fingerprint density at radius 1 is 1.38 bits per heavy atom. The fourth-order valence-electron chi connectivity index (χ4n) is 1.43. The molecule has 13 heavy (non-hydrogen) atoms. The van der Waals surface area contributed by atoms with E-state index in [-0.39, 0.29) is 0 Å². The van der Waals surface area contributed by atoms with Crippen molar-refractivity contribution in [3.63, 3.8) is 0 Å². The first-order valence-electron chi connectivity index (χ1n) is 4.46. The molecule has 0 fully saturated rings. The average molecular weight is 199 g/mol. The molecule has 0 amide bonds. The van der Waals surface area contributed by atoms with Crippen molar-refractivity contribution in [2.75, 3.05) is 0 Å². The molecule has 0 aromatic heterocycles. The van der Waals surface area contributed by atoms with Crippen molar-refractivity contribution in [3.05, 3.63) is 34.3 Å². The molecule has 1 rings (SSSR count). The van der Waals surface area contributed by atoms with Gasteiger partial charge in [0.1, 0.15) is 0 Å². The molecule has 1 nitrogen and oxygen atoms in total. The van der Waals surface area contributed by atoms with Gasteiger partial charge in [-0.1, -0.05) is 24.6 Å². The van der Waals surface area contributed by atoms with Crippen molar-refractivity contribution in [2.24, 2.45) is 0 Å². The van der Waals surface area contributed by atoms with Crippen LogP contribution in [-0.2, 0) is 12.0 Å². The van der Waals surface area contributed by atoms with E-state index in [1.807, 2.05) is 18.2 Å². The van der Waals surface area contributed by atoms with Gasteiger partial charge in [-0.3, -0.25) is 0 Å². The molecule has 0 unspecified atom stereocenters. The molecular weight excluding hydrogens is 184 g/mol. The lowest BCUT2D eigenvalue weighted by atomic mass is 9.92. The predicted molar refractivity (Wildman–Crippen MR) is 56.1 cm³/mol. The Morgan fingerprint density at radius 3 is 2.46 bits per heavy atom. The van der Waals surface area contributed by atoms with E-state index in [4.69, 9.17) is 11.6 Å². The minimum atomic E-state index is -0.809. The summed E-state index contributed by atoms with van der Waals surface area (Å²) in [7, 11) is 0. The quantitative estimate of drug-likeness (QED) is 0.774. The number of aliphatic hydroxyl groups is 1. The highest BCUT2D eigenvalue weighted by Gasteiger charge is 2.19. The Labute approximate surface area is 84.4 Å². The molecule has 0 aliphatic rings. The second kappa shape index (κ2) is 3.69. The third-order valence-electron chi connectivity index (χ3n) is 2.11. The second-order valence-corrected chi connectivity index (χ2v) is 4.15. The van der Waals surface area contributed by atoms with Crippen LogP contribution in [0.2, 0.25) is 5.02 Å². The van der Waals surface area contributed by atoms with Gasteiger partial charge in [-0.25, -0.2) is 0 Å². The molecule has 0 bridgehead atoms. The van der Waals surface area contributed by atoms with Crippen LogP contribution in [0.25, 0.3) is 0 Å². The highest BCUT2D eigenvalue weighted by molar-refractivity contribution is 6.30. The fourth-order valence-corrected chi connectivity index (χ4v) is 1.60. The number of rotatable bonds is 2. The number of halogens is 1. The first-order chi connectivity index (χ1) is 5.95. The molecule has 72 valence electrons. The zero-order valence-corrected chi connectivity index (χ0v) is 9.02. The lowest BCUT2D eigenvalue weighted by Gasteiger charge is -2.21. The van der Waals surface area contributed by atoms with Crippen molar-refractivity contribution in [1.29, 1.82) is 0 Å². The molecule has 0 saturated heterocycles. The molecule has 0 heterocycles. The Kier molecular flexibility index (Phi) is 2.99. The summed E-state index contributed by atoms with van der Waals surface area (Å²) < 4.78 is 0. The summed E-state index contributed by atoms with van der Waals surface area (Å²) in [6, 6.07) is 5.66. The summed E-state index contributed by atoms with van der Waals surface area (Å²) >= 11 is 5.87. The standard InChI is InChI=1S/C11H15ClO/c1-4-8-5-6-9(12)7-10(8)11(2,3)13/h5-7,13H,4H2,1-3H3. The minimum Gasteiger partial charge on any atom is -0.386 e. The summed E-state index contributed by atoms with van der Waals surface area (Å²) in [4.78, 5) is 0.